The van der Waals surface area contributed by atoms with E-state index in [1.165, 1.54) is 74.5 Å². The third-order valence-electron chi connectivity index (χ3n) is 14.2. The molecule has 0 radical (unpaired) electrons. The van der Waals surface area contributed by atoms with Crippen LogP contribution in [0.5, 0.6) is 0 Å². The molecule has 0 N–H and O–H groups in total. The van der Waals surface area contributed by atoms with Gasteiger partial charge in [-0.3, -0.25) is 0 Å². The van der Waals surface area contributed by atoms with Crippen molar-refractivity contribution >= 4 is 27.1 Å². The van der Waals surface area contributed by atoms with Crippen molar-refractivity contribution in [2.24, 2.45) is 11.3 Å². The van der Waals surface area contributed by atoms with Crippen molar-refractivity contribution in [3.63, 3.8) is 0 Å². The Morgan fingerprint density at radius 2 is 1.53 bits per heavy atom. The maximum atomic E-state index is 2.73. The van der Waals surface area contributed by atoms with E-state index in [4.69, 9.17) is 0 Å². The van der Waals surface area contributed by atoms with Gasteiger partial charge in [0.25, 0.3) is 0 Å². The SMILES string of the molecule is CC1CC=C(N2C3=C(CC4C(=C3)C(C)(C)c3ccccc34)C3(C)C=CC=CC23)C=C1c1ccc2c3c(c4ccccc4c2c1)C1CCC3C1. The number of allylic oxidation sites excluding steroid dienone is 7. The first-order chi connectivity index (χ1) is 23.8. The first-order valence-electron chi connectivity index (χ1n) is 18.9. The maximum absolute atomic E-state index is 2.73. The quantitative estimate of drug-likeness (QED) is 0.198. The molecule has 6 atom stereocenters. The summed E-state index contributed by atoms with van der Waals surface area (Å²) in [5.41, 5.74) is 15.3. The van der Waals surface area contributed by atoms with Crippen molar-refractivity contribution in [3.8, 4) is 0 Å². The lowest BCUT2D eigenvalue weighted by atomic mass is 9.69. The van der Waals surface area contributed by atoms with E-state index in [2.05, 4.69) is 142 Å². The van der Waals surface area contributed by atoms with Crippen LogP contribution in [0, 0.1) is 11.3 Å². The van der Waals surface area contributed by atoms with Crippen molar-refractivity contribution in [1.82, 2.24) is 4.90 Å². The van der Waals surface area contributed by atoms with Crippen LogP contribution in [0.2, 0.25) is 0 Å². The van der Waals surface area contributed by atoms with Crippen LogP contribution in [0.1, 0.15) is 105 Å². The van der Waals surface area contributed by atoms with E-state index >= 15 is 0 Å². The highest BCUT2D eigenvalue weighted by Crippen LogP contribution is 2.62. The van der Waals surface area contributed by atoms with E-state index in [9.17, 15) is 0 Å². The molecule has 1 saturated carbocycles. The molecule has 6 unspecified atom stereocenters. The van der Waals surface area contributed by atoms with E-state index in [-0.39, 0.29) is 16.9 Å². The summed E-state index contributed by atoms with van der Waals surface area (Å²) in [5, 5.41) is 5.92. The lowest BCUT2D eigenvalue weighted by molar-refractivity contribution is 0.304. The van der Waals surface area contributed by atoms with Gasteiger partial charge in [-0.15, -0.1) is 0 Å². The highest BCUT2D eigenvalue weighted by atomic mass is 15.2. The second-order valence-corrected chi connectivity index (χ2v) is 17.0. The van der Waals surface area contributed by atoms with Crippen molar-refractivity contribution in [3.05, 3.63) is 160 Å². The molecule has 242 valence electrons. The molecule has 4 aromatic carbocycles. The van der Waals surface area contributed by atoms with Crippen LogP contribution in [-0.2, 0) is 5.41 Å². The predicted molar refractivity (Wildman–Crippen MR) is 205 cm³/mol. The highest BCUT2D eigenvalue weighted by molar-refractivity contribution is 6.12. The van der Waals surface area contributed by atoms with Crippen LogP contribution in [0.3, 0.4) is 0 Å². The molecule has 1 nitrogen and oxygen atoms in total. The van der Waals surface area contributed by atoms with Crippen LogP contribution in [0.15, 0.2) is 132 Å². The molecule has 2 bridgehead atoms. The Hall–Kier alpha value is -4.36. The monoisotopic (exact) mass is 635 g/mol. The van der Waals surface area contributed by atoms with E-state index in [1.54, 1.807) is 22.3 Å². The van der Waals surface area contributed by atoms with E-state index in [0.29, 0.717) is 11.8 Å². The average molecular weight is 636 g/mol. The van der Waals surface area contributed by atoms with Gasteiger partial charge in [-0.1, -0.05) is 117 Å². The number of benzene rings is 4. The number of hydrogen-bond donors (Lipinski definition) is 0. The van der Waals surface area contributed by atoms with Crippen molar-refractivity contribution in [2.75, 3.05) is 0 Å². The van der Waals surface area contributed by atoms with Crippen molar-refractivity contribution in [2.45, 2.75) is 89.0 Å². The Morgan fingerprint density at radius 3 is 2.37 bits per heavy atom. The van der Waals surface area contributed by atoms with Crippen LogP contribution in [0.4, 0.5) is 0 Å². The topological polar surface area (TPSA) is 3.24 Å². The largest absolute Gasteiger partial charge is 0.334 e. The zero-order chi connectivity index (χ0) is 32.8. The third-order valence-corrected chi connectivity index (χ3v) is 14.2. The molecule has 4 aromatic rings. The Kier molecular flexibility index (Phi) is 5.61. The van der Waals surface area contributed by atoms with Crippen LogP contribution in [-0.4, -0.2) is 10.9 Å². The second kappa shape index (κ2) is 9.66. The normalized spacial score (nSPS) is 31.4. The van der Waals surface area contributed by atoms with Gasteiger partial charge in [0.1, 0.15) is 0 Å². The van der Waals surface area contributed by atoms with Crippen LogP contribution in [0.25, 0.3) is 27.1 Å². The lowest BCUT2D eigenvalue weighted by Gasteiger charge is -2.38. The van der Waals surface area contributed by atoms with E-state index in [1.807, 2.05) is 0 Å². The van der Waals surface area contributed by atoms with Gasteiger partial charge < -0.3 is 4.90 Å². The molecular formula is C48H45N. The summed E-state index contributed by atoms with van der Waals surface area (Å²) in [5.74, 6) is 2.44. The minimum absolute atomic E-state index is 0.0205. The molecule has 1 fully saturated rings. The predicted octanol–water partition coefficient (Wildman–Crippen LogP) is 12.1. The van der Waals surface area contributed by atoms with Crippen molar-refractivity contribution < 1.29 is 0 Å². The Morgan fingerprint density at radius 1 is 0.776 bits per heavy atom. The molecule has 0 aromatic heterocycles. The molecule has 11 rings (SSSR count). The molecule has 0 spiro atoms. The van der Waals surface area contributed by atoms with E-state index < -0.39 is 0 Å². The molecule has 7 aliphatic rings. The summed E-state index contributed by atoms with van der Waals surface area (Å²) in [7, 11) is 0. The van der Waals surface area contributed by atoms with E-state index in [0.717, 1.165) is 24.7 Å². The number of fused-ring (bicyclic) bond motifs is 15. The van der Waals surface area contributed by atoms with Gasteiger partial charge in [0, 0.05) is 28.1 Å². The smallest absolute Gasteiger partial charge is 0.0651 e. The van der Waals surface area contributed by atoms with Crippen LogP contribution < -0.4 is 0 Å². The Labute approximate surface area is 291 Å². The molecule has 1 heterocycles. The lowest BCUT2D eigenvalue weighted by Crippen LogP contribution is -2.38. The first kappa shape index (κ1) is 28.5. The Bertz CT molecular complexity index is 2350. The fourth-order valence-electron chi connectivity index (χ4n) is 11.8. The standard InChI is InChI=1S/C48H45N/c1-28-16-20-32(25-37(28)29-19-21-36-38(24-29)33-11-5-6-13-35(33)45-30-17-18-31(23-30)46(36)45)49-43-27-41-39(34-12-7-8-14-40(34)47(41,2)3)26-42(43)48(4)22-10-9-15-44(48)49/h5-15,19-22,24-25,27-28,30-31,39,44H,16-18,23,26H2,1-4H3. The third kappa shape index (κ3) is 3.62. The molecule has 0 saturated heterocycles. The van der Waals surface area contributed by atoms with Gasteiger partial charge in [-0.2, -0.15) is 0 Å². The molecule has 1 heteroatoms. The van der Waals surface area contributed by atoms with Gasteiger partial charge in [-0.05, 0) is 136 Å². The summed E-state index contributed by atoms with van der Waals surface area (Å²) >= 11 is 0. The minimum Gasteiger partial charge on any atom is -0.334 e. The number of hydrogen-bond acceptors (Lipinski definition) is 1. The molecule has 1 aliphatic heterocycles. The minimum atomic E-state index is -0.0205. The van der Waals surface area contributed by atoms with Gasteiger partial charge in [-0.25, -0.2) is 0 Å². The molecular weight excluding hydrogens is 591 g/mol. The summed E-state index contributed by atoms with van der Waals surface area (Å²) < 4.78 is 0. The van der Waals surface area contributed by atoms with Crippen LogP contribution >= 0.6 is 0 Å². The second-order valence-electron chi connectivity index (χ2n) is 17.0. The van der Waals surface area contributed by atoms with Gasteiger partial charge >= 0.3 is 0 Å². The summed E-state index contributed by atoms with van der Waals surface area (Å²) in [4.78, 5) is 2.73. The van der Waals surface area contributed by atoms with Gasteiger partial charge in [0.15, 0.2) is 0 Å². The average Bonchev–Trinajstić information content (AvgIpc) is 3.87. The van der Waals surface area contributed by atoms with Crippen molar-refractivity contribution in [1.29, 1.82) is 0 Å². The molecule has 49 heavy (non-hydrogen) atoms. The molecule has 6 aliphatic carbocycles. The highest BCUT2D eigenvalue weighted by Gasteiger charge is 2.53. The number of nitrogens with zero attached hydrogens (tertiary/aromatic N) is 1. The zero-order valence-corrected chi connectivity index (χ0v) is 29.3. The summed E-state index contributed by atoms with van der Waals surface area (Å²) in [6, 6.07) is 26.3. The summed E-state index contributed by atoms with van der Waals surface area (Å²) in [6.07, 6.45) is 23.5. The zero-order valence-electron chi connectivity index (χ0n) is 29.3. The van der Waals surface area contributed by atoms with Gasteiger partial charge in [0.2, 0.25) is 0 Å². The molecule has 0 amide bonds. The first-order valence-corrected chi connectivity index (χ1v) is 18.9. The van der Waals surface area contributed by atoms with Gasteiger partial charge in [0.05, 0.1) is 6.04 Å². The summed E-state index contributed by atoms with van der Waals surface area (Å²) in [6.45, 7) is 9.81. The fraction of sp³-hybridized carbons (Fsp3) is 0.333. The Balaban J connectivity index is 1.05. The maximum Gasteiger partial charge on any atom is 0.0651 e. The fourth-order valence-corrected chi connectivity index (χ4v) is 11.8. The number of rotatable bonds is 2.